The SMILES string of the molecule is Cc1ccc(N2CCN(C(=O)/C=C/c3ccco3)CC2)cc1N. The van der Waals surface area contributed by atoms with Gasteiger partial charge < -0.3 is 20.0 Å². The number of hydrogen-bond acceptors (Lipinski definition) is 4. The molecule has 0 bridgehead atoms. The van der Waals surface area contributed by atoms with Gasteiger partial charge in [-0.1, -0.05) is 6.07 Å². The molecule has 3 rings (SSSR count). The molecule has 1 saturated heterocycles. The summed E-state index contributed by atoms with van der Waals surface area (Å²) in [6, 6.07) is 9.75. The lowest BCUT2D eigenvalue weighted by Crippen LogP contribution is -2.48. The third-order valence-corrected chi connectivity index (χ3v) is 4.15. The van der Waals surface area contributed by atoms with Crippen molar-refractivity contribution in [2.45, 2.75) is 6.92 Å². The number of nitrogens with two attached hydrogens (primary N) is 1. The second-order valence-electron chi connectivity index (χ2n) is 5.70. The van der Waals surface area contributed by atoms with E-state index < -0.39 is 0 Å². The molecular formula is C18H21N3O2. The molecule has 0 saturated carbocycles. The Bertz CT molecular complexity index is 699. The predicted octanol–water partition coefficient (Wildman–Crippen LogP) is 2.53. The molecule has 1 aliphatic rings. The number of anilines is 2. The Morgan fingerprint density at radius 2 is 2.00 bits per heavy atom. The fraction of sp³-hybridized carbons (Fsp3) is 0.278. The average Bonchev–Trinajstić information content (AvgIpc) is 3.09. The van der Waals surface area contributed by atoms with Crippen LogP contribution in [-0.2, 0) is 4.79 Å². The van der Waals surface area contributed by atoms with E-state index in [1.807, 2.05) is 30.0 Å². The summed E-state index contributed by atoms with van der Waals surface area (Å²) in [4.78, 5) is 16.3. The maximum Gasteiger partial charge on any atom is 0.246 e. The Kier molecular flexibility index (Phi) is 4.37. The molecule has 0 spiro atoms. The number of aryl methyl sites for hydroxylation is 1. The maximum atomic E-state index is 12.2. The predicted molar refractivity (Wildman–Crippen MR) is 92.1 cm³/mol. The van der Waals surface area contributed by atoms with Crippen LogP contribution in [0, 0.1) is 6.92 Å². The van der Waals surface area contributed by atoms with E-state index in [-0.39, 0.29) is 5.91 Å². The Hall–Kier alpha value is -2.69. The topological polar surface area (TPSA) is 62.7 Å². The molecule has 0 atom stereocenters. The van der Waals surface area contributed by atoms with Crippen LogP contribution >= 0.6 is 0 Å². The number of carbonyl (C=O) groups excluding carboxylic acids is 1. The van der Waals surface area contributed by atoms with Gasteiger partial charge in [0.2, 0.25) is 5.91 Å². The molecule has 5 nitrogen and oxygen atoms in total. The minimum Gasteiger partial charge on any atom is -0.465 e. The molecular weight excluding hydrogens is 290 g/mol. The molecule has 2 heterocycles. The summed E-state index contributed by atoms with van der Waals surface area (Å²) in [6.07, 6.45) is 4.87. The first-order valence-electron chi connectivity index (χ1n) is 7.75. The second kappa shape index (κ2) is 6.60. The normalized spacial score (nSPS) is 15.3. The van der Waals surface area contributed by atoms with E-state index in [2.05, 4.69) is 11.0 Å². The molecule has 23 heavy (non-hydrogen) atoms. The van der Waals surface area contributed by atoms with E-state index in [1.54, 1.807) is 24.5 Å². The molecule has 5 heteroatoms. The van der Waals surface area contributed by atoms with Crippen LogP contribution in [0.1, 0.15) is 11.3 Å². The molecule has 1 aliphatic heterocycles. The Morgan fingerprint density at radius 1 is 1.22 bits per heavy atom. The van der Waals surface area contributed by atoms with Gasteiger partial charge >= 0.3 is 0 Å². The first-order valence-corrected chi connectivity index (χ1v) is 7.75. The Morgan fingerprint density at radius 3 is 2.65 bits per heavy atom. The van der Waals surface area contributed by atoms with E-state index in [0.29, 0.717) is 18.8 Å². The summed E-state index contributed by atoms with van der Waals surface area (Å²) < 4.78 is 5.19. The zero-order chi connectivity index (χ0) is 16.2. The molecule has 2 aromatic rings. The van der Waals surface area contributed by atoms with Crippen molar-refractivity contribution < 1.29 is 9.21 Å². The molecule has 0 aliphatic carbocycles. The van der Waals surface area contributed by atoms with Gasteiger partial charge in [-0.05, 0) is 42.8 Å². The molecule has 1 aromatic heterocycles. The van der Waals surface area contributed by atoms with Crippen LogP contribution in [-0.4, -0.2) is 37.0 Å². The fourth-order valence-corrected chi connectivity index (χ4v) is 2.65. The quantitative estimate of drug-likeness (QED) is 0.699. The van der Waals surface area contributed by atoms with Gasteiger partial charge in [0.1, 0.15) is 5.76 Å². The van der Waals surface area contributed by atoms with E-state index in [4.69, 9.17) is 10.2 Å². The lowest BCUT2D eigenvalue weighted by Gasteiger charge is -2.35. The maximum absolute atomic E-state index is 12.2. The standard InChI is InChI=1S/C18H21N3O2/c1-14-4-5-15(13-17(14)19)20-8-10-21(11-9-20)18(22)7-6-16-3-2-12-23-16/h2-7,12-13H,8-11,19H2,1H3/b7-6+. The third kappa shape index (κ3) is 3.56. The number of nitrogens with zero attached hydrogens (tertiary/aromatic N) is 2. The van der Waals surface area contributed by atoms with Crippen molar-refractivity contribution in [3.63, 3.8) is 0 Å². The van der Waals surface area contributed by atoms with Gasteiger partial charge in [0.25, 0.3) is 0 Å². The van der Waals surface area contributed by atoms with Gasteiger partial charge in [0, 0.05) is 43.6 Å². The number of carbonyl (C=O) groups is 1. The number of benzene rings is 1. The van der Waals surface area contributed by atoms with Crippen molar-refractivity contribution >= 4 is 23.4 Å². The van der Waals surface area contributed by atoms with E-state index in [9.17, 15) is 4.79 Å². The van der Waals surface area contributed by atoms with E-state index >= 15 is 0 Å². The number of piperazine rings is 1. The monoisotopic (exact) mass is 311 g/mol. The van der Waals surface area contributed by atoms with Crippen molar-refractivity contribution in [3.8, 4) is 0 Å². The van der Waals surface area contributed by atoms with Crippen LogP contribution in [0.25, 0.3) is 6.08 Å². The molecule has 0 radical (unpaired) electrons. The summed E-state index contributed by atoms with van der Waals surface area (Å²) in [7, 11) is 0. The van der Waals surface area contributed by atoms with Gasteiger partial charge in [0.15, 0.2) is 0 Å². The van der Waals surface area contributed by atoms with Crippen LogP contribution in [0.4, 0.5) is 11.4 Å². The van der Waals surface area contributed by atoms with Gasteiger partial charge in [-0.3, -0.25) is 4.79 Å². The highest BCUT2D eigenvalue weighted by atomic mass is 16.3. The zero-order valence-electron chi connectivity index (χ0n) is 13.2. The number of rotatable bonds is 3. The summed E-state index contributed by atoms with van der Waals surface area (Å²) in [5, 5.41) is 0. The smallest absolute Gasteiger partial charge is 0.246 e. The molecule has 0 unspecified atom stereocenters. The van der Waals surface area contributed by atoms with Crippen molar-refractivity contribution in [2.75, 3.05) is 36.8 Å². The Labute approximate surface area is 136 Å². The number of nitrogen functional groups attached to an aromatic ring is 1. The van der Waals surface area contributed by atoms with Crippen molar-refractivity contribution in [2.24, 2.45) is 0 Å². The first kappa shape index (κ1) is 15.2. The van der Waals surface area contributed by atoms with Crippen LogP contribution in [0.3, 0.4) is 0 Å². The van der Waals surface area contributed by atoms with Crippen LogP contribution in [0.5, 0.6) is 0 Å². The highest BCUT2D eigenvalue weighted by Gasteiger charge is 2.20. The summed E-state index contributed by atoms with van der Waals surface area (Å²) in [5.41, 5.74) is 8.99. The fourth-order valence-electron chi connectivity index (χ4n) is 2.65. The highest BCUT2D eigenvalue weighted by molar-refractivity contribution is 5.91. The largest absolute Gasteiger partial charge is 0.465 e. The van der Waals surface area contributed by atoms with Crippen molar-refractivity contribution in [1.82, 2.24) is 4.90 Å². The summed E-state index contributed by atoms with van der Waals surface area (Å²) >= 11 is 0. The third-order valence-electron chi connectivity index (χ3n) is 4.15. The number of furan rings is 1. The zero-order valence-corrected chi connectivity index (χ0v) is 13.2. The van der Waals surface area contributed by atoms with Gasteiger partial charge in [-0.25, -0.2) is 0 Å². The van der Waals surface area contributed by atoms with Crippen LogP contribution in [0.2, 0.25) is 0 Å². The molecule has 120 valence electrons. The summed E-state index contributed by atoms with van der Waals surface area (Å²) in [6.45, 7) is 5.02. The lowest BCUT2D eigenvalue weighted by atomic mass is 10.1. The number of hydrogen-bond donors (Lipinski definition) is 1. The minimum absolute atomic E-state index is 0.0180. The molecule has 2 N–H and O–H groups in total. The first-order chi connectivity index (χ1) is 11.1. The molecule has 1 amide bonds. The molecule has 1 fully saturated rings. The van der Waals surface area contributed by atoms with Gasteiger partial charge in [-0.15, -0.1) is 0 Å². The van der Waals surface area contributed by atoms with Crippen LogP contribution in [0.15, 0.2) is 47.1 Å². The van der Waals surface area contributed by atoms with Crippen molar-refractivity contribution in [1.29, 1.82) is 0 Å². The lowest BCUT2D eigenvalue weighted by molar-refractivity contribution is -0.126. The molecule has 1 aromatic carbocycles. The van der Waals surface area contributed by atoms with E-state index in [0.717, 1.165) is 30.0 Å². The summed E-state index contributed by atoms with van der Waals surface area (Å²) in [5.74, 6) is 0.705. The van der Waals surface area contributed by atoms with Gasteiger partial charge in [0.05, 0.1) is 6.26 Å². The minimum atomic E-state index is 0.0180. The highest BCUT2D eigenvalue weighted by Crippen LogP contribution is 2.22. The Balaban J connectivity index is 1.57. The number of amides is 1. The van der Waals surface area contributed by atoms with E-state index in [1.165, 1.54) is 0 Å². The average molecular weight is 311 g/mol. The second-order valence-corrected chi connectivity index (χ2v) is 5.70. The van der Waals surface area contributed by atoms with Gasteiger partial charge in [-0.2, -0.15) is 0 Å². The van der Waals surface area contributed by atoms with Crippen molar-refractivity contribution in [3.05, 3.63) is 54.0 Å². The van der Waals surface area contributed by atoms with Crippen LogP contribution < -0.4 is 10.6 Å².